The highest BCUT2D eigenvalue weighted by Crippen LogP contribution is 2.24. The van der Waals surface area contributed by atoms with Gasteiger partial charge in [-0.1, -0.05) is 103 Å². The van der Waals surface area contributed by atoms with Crippen molar-refractivity contribution in [3.63, 3.8) is 0 Å². The van der Waals surface area contributed by atoms with Crippen molar-refractivity contribution in [2.24, 2.45) is 0 Å². The van der Waals surface area contributed by atoms with E-state index < -0.39 is 0 Å². The number of cyclic esters (lactones) is 1. The summed E-state index contributed by atoms with van der Waals surface area (Å²) in [7, 11) is 0. The Labute approximate surface area is 299 Å². The Balaban J connectivity index is 2.20. The third-order valence-electron chi connectivity index (χ3n) is 9.42. The van der Waals surface area contributed by atoms with E-state index in [2.05, 4.69) is 6.92 Å². The van der Waals surface area contributed by atoms with Crippen LogP contribution in [0, 0.1) is 0 Å². The zero-order valence-corrected chi connectivity index (χ0v) is 32.0. The van der Waals surface area contributed by atoms with Gasteiger partial charge >= 0.3 is 23.9 Å². The van der Waals surface area contributed by atoms with Crippen molar-refractivity contribution in [2.45, 2.75) is 226 Å². The molecular formula is C41H72O8. The average Bonchev–Trinajstić information content (AvgIpc) is 3.35. The molecule has 0 aromatic rings. The summed E-state index contributed by atoms with van der Waals surface area (Å²) >= 11 is 0. The Morgan fingerprint density at radius 1 is 0.551 bits per heavy atom. The van der Waals surface area contributed by atoms with Gasteiger partial charge in [-0.25, -0.2) is 4.79 Å². The van der Waals surface area contributed by atoms with Crippen LogP contribution in [0.15, 0.2) is 11.6 Å². The number of carbonyl (C=O) groups is 4. The molecule has 0 aromatic heterocycles. The fraction of sp³-hybridized carbons (Fsp3) is 0.854. The van der Waals surface area contributed by atoms with E-state index in [0.29, 0.717) is 18.4 Å². The molecule has 8 nitrogen and oxygen atoms in total. The SMILES string of the molecule is CCCCCCCCCCCCCCC(CCCCCCC[C@@H](CCCCC[C@H](CC1=C[C@H](C)OC1=O)OC(C)=O)OC(C)=O)OC(C)=O. The zero-order chi connectivity index (χ0) is 36.1. The third-order valence-corrected chi connectivity index (χ3v) is 9.42. The molecule has 1 aliphatic rings. The van der Waals surface area contributed by atoms with Crippen LogP contribution in [0.2, 0.25) is 0 Å². The first-order valence-corrected chi connectivity index (χ1v) is 20.0. The minimum Gasteiger partial charge on any atom is -0.463 e. The number of hydrogen-bond donors (Lipinski definition) is 0. The Morgan fingerprint density at radius 2 is 0.857 bits per heavy atom. The van der Waals surface area contributed by atoms with E-state index >= 15 is 0 Å². The number of hydrogen-bond acceptors (Lipinski definition) is 8. The van der Waals surface area contributed by atoms with Crippen molar-refractivity contribution >= 4 is 23.9 Å². The van der Waals surface area contributed by atoms with Crippen LogP contribution >= 0.6 is 0 Å². The first-order chi connectivity index (χ1) is 23.6. The van der Waals surface area contributed by atoms with Crippen LogP contribution in [-0.2, 0) is 38.1 Å². The second kappa shape index (κ2) is 29.4. The van der Waals surface area contributed by atoms with Gasteiger partial charge in [0.05, 0.1) is 0 Å². The Bertz CT molecular complexity index is 928. The summed E-state index contributed by atoms with van der Waals surface area (Å²) in [4.78, 5) is 47.0. The topological polar surface area (TPSA) is 105 Å². The van der Waals surface area contributed by atoms with Crippen LogP contribution in [-0.4, -0.2) is 48.3 Å². The van der Waals surface area contributed by atoms with Crippen LogP contribution < -0.4 is 0 Å². The first kappa shape index (κ1) is 44.6. The number of esters is 4. The lowest BCUT2D eigenvalue weighted by Gasteiger charge is -2.19. The number of carbonyl (C=O) groups excluding carboxylic acids is 4. The molecule has 0 amide bonds. The van der Waals surface area contributed by atoms with Crippen LogP contribution in [0.1, 0.15) is 202 Å². The Hall–Kier alpha value is -2.38. The standard InChI is InChI=1S/C41H72O8/c1-6-7-8-9-10-11-12-13-14-15-17-21-26-38(47-34(3)42)27-22-18-16-19-23-28-39(48-35(4)43)29-24-20-25-30-40(49-36(5)44)32-37-31-33(2)46-41(37)45/h31,33,38-40H,6-30,32H2,1-5H3/t33-,38?,39-,40+/m0/s1. The summed E-state index contributed by atoms with van der Waals surface area (Å²) in [5, 5.41) is 0. The minimum atomic E-state index is -0.348. The minimum absolute atomic E-state index is 0.0401. The average molecular weight is 693 g/mol. The predicted octanol–water partition coefficient (Wildman–Crippen LogP) is 10.8. The van der Waals surface area contributed by atoms with Crippen molar-refractivity contribution in [3.8, 4) is 0 Å². The zero-order valence-electron chi connectivity index (χ0n) is 32.0. The maximum atomic E-state index is 12.0. The first-order valence-electron chi connectivity index (χ1n) is 20.0. The quantitative estimate of drug-likeness (QED) is 0.0390. The van der Waals surface area contributed by atoms with Gasteiger partial charge in [0.2, 0.25) is 0 Å². The molecule has 0 bridgehead atoms. The fourth-order valence-electron chi connectivity index (χ4n) is 6.87. The number of rotatable bonds is 32. The van der Waals surface area contributed by atoms with E-state index in [1.54, 1.807) is 6.08 Å². The highest BCUT2D eigenvalue weighted by molar-refractivity contribution is 5.90. The van der Waals surface area contributed by atoms with Gasteiger partial charge in [0.1, 0.15) is 24.4 Å². The van der Waals surface area contributed by atoms with Crippen molar-refractivity contribution in [1.82, 2.24) is 0 Å². The molecule has 1 heterocycles. The maximum absolute atomic E-state index is 12.0. The third kappa shape index (κ3) is 26.1. The van der Waals surface area contributed by atoms with Crippen LogP contribution in [0.4, 0.5) is 0 Å². The Kier molecular flexibility index (Phi) is 26.7. The lowest BCUT2D eigenvalue weighted by atomic mass is 9.99. The summed E-state index contributed by atoms with van der Waals surface area (Å²) < 4.78 is 21.9. The summed E-state index contributed by atoms with van der Waals surface area (Å²) in [6.45, 7) is 8.46. The van der Waals surface area contributed by atoms with E-state index in [9.17, 15) is 19.2 Å². The van der Waals surface area contributed by atoms with Gasteiger partial charge in [-0.3, -0.25) is 14.4 Å². The molecule has 0 N–H and O–H groups in total. The Morgan fingerprint density at radius 3 is 1.18 bits per heavy atom. The van der Waals surface area contributed by atoms with E-state index in [-0.39, 0.29) is 48.3 Å². The van der Waals surface area contributed by atoms with Crippen molar-refractivity contribution < 1.29 is 38.1 Å². The fourth-order valence-corrected chi connectivity index (χ4v) is 6.87. The molecule has 0 spiro atoms. The molecule has 284 valence electrons. The van der Waals surface area contributed by atoms with E-state index in [4.69, 9.17) is 18.9 Å². The van der Waals surface area contributed by atoms with Gasteiger partial charge in [0.15, 0.2) is 0 Å². The van der Waals surface area contributed by atoms with Crippen LogP contribution in [0.5, 0.6) is 0 Å². The number of unbranched alkanes of at least 4 members (excludes halogenated alkanes) is 17. The monoisotopic (exact) mass is 693 g/mol. The molecule has 4 atom stereocenters. The molecule has 49 heavy (non-hydrogen) atoms. The van der Waals surface area contributed by atoms with E-state index in [1.807, 2.05) is 6.92 Å². The maximum Gasteiger partial charge on any atom is 0.334 e. The molecule has 1 unspecified atom stereocenters. The largest absolute Gasteiger partial charge is 0.463 e. The highest BCUT2D eigenvalue weighted by Gasteiger charge is 2.26. The molecule has 0 saturated heterocycles. The van der Waals surface area contributed by atoms with Gasteiger partial charge in [0.25, 0.3) is 0 Å². The summed E-state index contributed by atoms with van der Waals surface area (Å²) in [6, 6.07) is 0. The van der Waals surface area contributed by atoms with Gasteiger partial charge in [0, 0.05) is 32.8 Å². The second-order valence-corrected chi connectivity index (χ2v) is 14.4. The van der Waals surface area contributed by atoms with Crippen molar-refractivity contribution in [1.29, 1.82) is 0 Å². The van der Waals surface area contributed by atoms with Crippen molar-refractivity contribution in [2.75, 3.05) is 0 Å². The van der Waals surface area contributed by atoms with Gasteiger partial charge in [-0.15, -0.1) is 0 Å². The molecule has 0 aromatic carbocycles. The lowest BCUT2D eigenvalue weighted by Crippen LogP contribution is -2.19. The highest BCUT2D eigenvalue weighted by atomic mass is 16.6. The summed E-state index contributed by atoms with van der Waals surface area (Å²) in [5.74, 6) is -1.09. The molecule has 0 fully saturated rings. The van der Waals surface area contributed by atoms with Crippen LogP contribution in [0.3, 0.4) is 0 Å². The van der Waals surface area contributed by atoms with Gasteiger partial charge < -0.3 is 18.9 Å². The molecule has 1 rings (SSSR count). The van der Waals surface area contributed by atoms with Gasteiger partial charge in [-0.2, -0.15) is 0 Å². The molecule has 8 heteroatoms. The molecule has 0 saturated carbocycles. The molecular weight excluding hydrogens is 620 g/mol. The summed E-state index contributed by atoms with van der Waals surface area (Å²) in [6.07, 6.45) is 29.9. The smallest absolute Gasteiger partial charge is 0.334 e. The van der Waals surface area contributed by atoms with Crippen LogP contribution in [0.25, 0.3) is 0 Å². The van der Waals surface area contributed by atoms with Crippen molar-refractivity contribution in [3.05, 3.63) is 11.6 Å². The molecule has 0 aliphatic carbocycles. The molecule has 0 radical (unpaired) electrons. The number of ether oxygens (including phenoxy) is 4. The second-order valence-electron chi connectivity index (χ2n) is 14.4. The predicted molar refractivity (Wildman–Crippen MR) is 196 cm³/mol. The summed E-state index contributed by atoms with van der Waals surface area (Å²) in [5.41, 5.74) is 0.577. The van der Waals surface area contributed by atoms with E-state index in [1.165, 1.54) is 91.4 Å². The van der Waals surface area contributed by atoms with E-state index in [0.717, 1.165) is 83.5 Å². The van der Waals surface area contributed by atoms with Gasteiger partial charge in [-0.05, 0) is 77.2 Å². The molecule has 1 aliphatic heterocycles. The normalized spacial score (nSPS) is 16.1. The lowest BCUT2D eigenvalue weighted by molar-refractivity contribution is -0.148.